The molecule has 20 heavy (non-hydrogen) atoms. The third-order valence-electron chi connectivity index (χ3n) is 4.16. The van der Waals surface area contributed by atoms with Crippen LogP contribution in [0.3, 0.4) is 0 Å². The first-order chi connectivity index (χ1) is 9.85. The van der Waals surface area contributed by atoms with Gasteiger partial charge in [-0.1, -0.05) is 36.5 Å². The Bertz CT molecular complexity index is 464. The van der Waals surface area contributed by atoms with Crippen molar-refractivity contribution in [2.45, 2.75) is 18.9 Å². The first kappa shape index (κ1) is 14.2. The SMILES string of the molecule is COC1C=C2CN(CC3C=CC=CC3)CCSC2=CC1. The molecule has 0 aromatic heterocycles. The number of hydrogen-bond acceptors (Lipinski definition) is 3. The molecule has 0 amide bonds. The second kappa shape index (κ2) is 6.79. The zero-order chi connectivity index (χ0) is 13.8. The monoisotopic (exact) mass is 289 g/mol. The smallest absolute Gasteiger partial charge is 0.0793 e. The topological polar surface area (TPSA) is 12.5 Å². The molecule has 0 aromatic rings. The lowest BCUT2D eigenvalue weighted by atomic mass is 9.99. The van der Waals surface area contributed by atoms with Gasteiger partial charge in [-0.05, 0) is 24.3 Å². The first-order valence-corrected chi connectivity index (χ1v) is 8.46. The summed E-state index contributed by atoms with van der Waals surface area (Å²) in [6, 6.07) is 0. The van der Waals surface area contributed by atoms with E-state index in [-0.39, 0.29) is 6.10 Å². The lowest BCUT2D eigenvalue weighted by Gasteiger charge is -2.26. The molecule has 2 aliphatic carbocycles. The van der Waals surface area contributed by atoms with Crippen LogP contribution in [0.25, 0.3) is 0 Å². The molecule has 2 nitrogen and oxygen atoms in total. The van der Waals surface area contributed by atoms with Crippen molar-refractivity contribution in [2.75, 3.05) is 32.5 Å². The van der Waals surface area contributed by atoms with E-state index >= 15 is 0 Å². The highest BCUT2D eigenvalue weighted by Gasteiger charge is 2.22. The summed E-state index contributed by atoms with van der Waals surface area (Å²) in [5.74, 6) is 1.88. The number of allylic oxidation sites excluding steroid dienone is 3. The van der Waals surface area contributed by atoms with Crippen LogP contribution in [0.1, 0.15) is 12.8 Å². The molecule has 3 rings (SSSR count). The van der Waals surface area contributed by atoms with Gasteiger partial charge >= 0.3 is 0 Å². The number of rotatable bonds is 3. The fraction of sp³-hybridized carbons (Fsp3) is 0.529. The van der Waals surface area contributed by atoms with E-state index < -0.39 is 0 Å². The summed E-state index contributed by atoms with van der Waals surface area (Å²) in [6.45, 7) is 3.43. The van der Waals surface area contributed by atoms with E-state index in [1.165, 1.54) is 35.7 Å². The maximum absolute atomic E-state index is 5.50. The van der Waals surface area contributed by atoms with Crippen LogP contribution in [-0.2, 0) is 4.74 Å². The minimum absolute atomic E-state index is 0.270. The van der Waals surface area contributed by atoms with Crippen molar-refractivity contribution in [3.8, 4) is 0 Å². The van der Waals surface area contributed by atoms with Crippen LogP contribution >= 0.6 is 11.8 Å². The average Bonchev–Trinajstić information content (AvgIpc) is 2.69. The summed E-state index contributed by atoms with van der Waals surface area (Å²) in [5.41, 5.74) is 1.47. The Balaban J connectivity index is 1.65. The molecule has 0 aromatic carbocycles. The number of nitrogens with zero attached hydrogens (tertiary/aromatic N) is 1. The summed E-state index contributed by atoms with van der Waals surface area (Å²) in [7, 11) is 1.81. The molecule has 0 N–H and O–H groups in total. The van der Waals surface area contributed by atoms with Crippen molar-refractivity contribution in [1.82, 2.24) is 4.90 Å². The molecular weight excluding hydrogens is 266 g/mol. The van der Waals surface area contributed by atoms with Gasteiger partial charge in [0, 0.05) is 37.4 Å². The van der Waals surface area contributed by atoms with E-state index in [4.69, 9.17) is 4.74 Å². The van der Waals surface area contributed by atoms with Gasteiger partial charge in [-0.3, -0.25) is 4.90 Å². The highest BCUT2D eigenvalue weighted by molar-refractivity contribution is 8.03. The van der Waals surface area contributed by atoms with E-state index in [1.54, 1.807) is 7.11 Å². The summed E-state index contributed by atoms with van der Waals surface area (Å²) in [4.78, 5) is 4.09. The van der Waals surface area contributed by atoms with Crippen LogP contribution in [-0.4, -0.2) is 43.5 Å². The zero-order valence-corrected chi connectivity index (χ0v) is 12.9. The first-order valence-electron chi connectivity index (χ1n) is 7.47. The molecule has 0 bridgehead atoms. The largest absolute Gasteiger partial charge is 0.377 e. The second-order valence-electron chi connectivity index (χ2n) is 5.66. The summed E-state index contributed by atoms with van der Waals surface area (Å²) in [5, 5.41) is 0. The van der Waals surface area contributed by atoms with Crippen molar-refractivity contribution in [3.05, 3.63) is 46.9 Å². The number of fused-ring (bicyclic) bond motifs is 1. The van der Waals surface area contributed by atoms with E-state index in [0.717, 1.165) is 13.0 Å². The van der Waals surface area contributed by atoms with Gasteiger partial charge in [0.25, 0.3) is 0 Å². The zero-order valence-electron chi connectivity index (χ0n) is 12.1. The van der Waals surface area contributed by atoms with E-state index in [0.29, 0.717) is 5.92 Å². The van der Waals surface area contributed by atoms with Crippen LogP contribution in [0.2, 0.25) is 0 Å². The van der Waals surface area contributed by atoms with Crippen LogP contribution in [0.15, 0.2) is 46.9 Å². The molecular formula is C17H23NOS. The van der Waals surface area contributed by atoms with E-state index in [2.05, 4.69) is 41.4 Å². The summed E-state index contributed by atoms with van der Waals surface area (Å²) >= 11 is 2.01. The van der Waals surface area contributed by atoms with E-state index in [1.807, 2.05) is 11.8 Å². The Kier molecular flexibility index (Phi) is 4.81. The van der Waals surface area contributed by atoms with Gasteiger partial charge in [-0.25, -0.2) is 0 Å². The van der Waals surface area contributed by atoms with Crippen LogP contribution in [0.5, 0.6) is 0 Å². The molecule has 3 aliphatic rings. The normalized spacial score (nSPS) is 30.4. The lowest BCUT2D eigenvalue weighted by Crippen LogP contribution is -2.32. The van der Waals surface area contributed by atoms with Gasteiger partial charge in [-0.2, -0.15) is 0 Å². The average molecular weight is 289 g/mol. The standard InChI is InChI=1S/C17H23NOS/c1-19-16-7-8-17-15(11-16)13-18(9-10-20-17)12-14-5-3-2-4-6-14/h2-5,8,11,14,16H,6-7,9-10,12-13H2,1H3. The Morgan fingerprint density at radius 2 is 2.30 bits per heavy atom. The van der Waals surface area contributed by atoms with Gasteiger partial charge in [0.05, 0.1) is 6.10 Å². The Labute approximate surface area is 126 Å². The number of methoxy groups -OCH3 is 1. The number of thioether (sulfide) groups is 1. The van der Waals surface area contributed by atoms with Gasteiger partial charge in [0.1, 0.15) is 0 Å². The van der Waals surface area contributed by atoms with E-state index in [9.17, 15) is 0 Å². The predicted molar refractivity (Wildman–Crippen MR) is 86.9 cm³/mol. The molecule has 2 unspecified atom stereocenters. The molecule has 0 saturated carbocycles. The summed E-state index contributed by atoms with van der Waals surface area (Å²) < 4.78 is 5.50. The minimum Gasteiger partial charge on any atom is -0.377 e. The molecule has 0 spiro atoms. The van der Waals surface area contributed by atoms with Gasteiger partial charge in [-0.15, -0.1) is 11.8 Å². The third kappa shape index (κ3) is 3.46. The van der Waals surface area contributed by atoms with Crippen molar-refractivity contribution in [3.63, 3.8) is 0 Å². The van der Waals surface area contributed by atoms with Gasteiger partial charge < -0.3 is 4.74 Å². The Morgan fingerprint density at radius 3 is 3.10 bits per heavy atom. The van der Waals surface area contributed by atoms with Crippen molar-refractivity contribution in [2.24, 2.45) is 5.92 Å². The molecule has 0 radical (unpaired) electrons. The Morgan fingerprint density at radius 1 is 1.35 bits per heavy atom. The summed E-state index contributed by atoms with van der Waals surface area (Å²) in [6.07, 6.45) is 16.1. The highest BCUT2D eigenvalue weighted by atomic mass is 32.2. The number of hydrogen-bond donors (Lipinski definition) is 0. The number of ether oxygens (including phenoxy) is 1. The highest BCUT2D eigenvalue weighted by Crippen LogP contribution is 2.33. The van der Waals surface area contributed by atoms with Crippen LogP contribution in [0, 0.1) is 5.92 Å². The third-order valence-corrected chi connectivity index (χ3v) is 5.29. The maximum Gasteiger partial charge on any atom is 0.0793 e. The van der Waals surface area contributed by atoms with Crippen molar-refractivity contribution < 1.29 is 4.74 Å². The quantitative estimate of drug-likeness (QED) is 0.790. The molecule has 1 fully saturated rings. The molecule has 3 heteroatoms. The fourth-order valence-corrected chi connectivity index (χ4v) is 4.14. The van der Waals surface area contributed by atoms with Gasteiger partial charge in [0.15, 0.2) is 0 Å². The van der Waals surface area contributed by atoms with Gasteiger partial charge in [0.2, 0.25) is 0 Å². The second-order valence-corrected chi connectivity index (χ2v) is 6.80. The van der Waals surface area contributed by atoms with Crippen LogP contribution < -0.4 is 0 Å². The molecule has 1 heterocycles. The van der Waals surface area contributed by atoms with Crippen LogP contribution in [0.4, 0.5) is 0 Å². The Hall–Kier alpha value is -0.770. The van der Waals surface area contributed by atoms with Crippen molar-refractivity contribution >= 4 is 11.8 Å². The predicted octanol–water partition coefficient (Wildman–Crippen LogP) is 3.40. The fourth-order valence-electron chi connectivity index (χ4n) is 3.03. The maximum atomic E-state index is 5.50. The minimum atomic E-state index is 0.270. The molecule has 1 aliphatic heterocycles. The molecule has 2 atom stereocenters. The lowest BCUT2D eigenvalue weighted by molar-refractivity contribution is 0.141. The molecule has 1 saturated heterocycles. The molecule has 108 valence electrons. The van der Waals surface area contributed by atoms with Crippen molar-refractivity contribution in [1.29, 1.82) is 0 Å².